The zero-order chi connectivity index (χ0) is 12.5. The van der Waals surface area contributed by atoms with Crippen LogP contribution >= 0.6 is 0 Å². The molecule has 3 heterocycles. The minimum atomic E-state index is -0.655. The summed E-state index contributed by atoms with van der Waals surface area (Å²) in [4.78, 5) is 13.3. The van der Waals surface area contributed by atoms with Gasteiger partial charge in [-0.25, -0.2) is 0 Å². The van der Waals surface area contributed by atoms with Gasteiger partial charge in [0.15, 0.2) is 0 Å². The summed E-state index contributed by atoms with van der Waals surface area (Å²) < 4.78 is 11.4. The molecule has 18 heavy (non-hydrogen) atoms. The largest absolute Gasteiger partial charge is 0.481 e. The van der Waals surface area contributed by atoms with Gasteiger partial charge in [-0.1, -0.05) is 0 Å². The number of likely N-dealkylation sites (tertiary alicyclic amines) is 1. The highest BCUT2D eigenvalue weighted by Gasteiger charge is 2.40. The molecule has 0 radical (unpaired) electrons. The summed E-state index contributed by atoms with van der Waals surface area (Å²) in [6, 6.07) is 0. The van der Waals surface area contributed by atoms with Gasteiger partial charge in [-0.3, -0.25) is 9.69 Å². The number of fused-ring (bicyclic) bond motifs is 1. The van der Waals surface area contributed by atoms with E-state index in [0.717, 1.165) is 45.6 Å². The third-order valence-corrected chi connectivity index (χ3v) is 4.39. The van der Waals surface area contributed by atoms with Gasteiger partial charge in [0.1, 0.15) is 0 Å². The standard InChI is InChI=1S/C13H21NO4/c15-13(16)9-2-1-3-14(5-9)6-11-4-10-7-17-8-12(10)18-11/h9-12H,1-8H2,(H,15,16). The van der Waals surface area contributed by atoms with Gasteiger partial charge in [0, 0.05) is 19.0 Å². The van der Waals surface area contributed by atoms with Gasteiger partial charge in [-0.05, 0) is 25.8 Å². The Morgan fingerprint density at radius 3 is 3.06 bits per heavy atom. The first-order chi connectivity index (χ1) is 8.72. The number of carbonyl (C=O) groups is 1. The van der Waals surface area contributed by atoms with Crippen LogP contribution in [0, 0.1) is 11.8 Å². The molecule has 0 aliphatic carbocycles. The Morgan fingerprint density at radius 2 is 2.28 bits per heavy atom. The molecule has 3 aliphatic heterocycles. The molecule has 0 spiro atoms. The summed E-state index contributed by atoms with van der Waals surface area (Å²) in [5.74, 6) is -0.282. The van der Waals surface area contributed by atoms with Crippen LogP contribution in [0.4, 0.5) is 0 Å². The Balaban J connectivity index is 1.49. The van der Waals surface area contributed by atoms with Crippen molar-refractivity contribution in [3.63, 3.8) is 0 Å². The summed E-state index contributed by atoms with van der Waals surface area (Å²) in [5, 5.41) is 9.07. The molecule has 0 bridgehead atoms. The summed E-state index contributed by atoms with van der Waals surface area (Å²) in [6.07, 6.45) is 3.43. The van der Waals surface area contributed by atoms with E-state index in [1.165, 1.54) is 0 Å². The van der Waals surface area contributed by atoms with Crippen molar-refractivity contribution in [2.24, 2.45) is 11.8 Å². The molecule has 0 aromatic carbocycles. The number of hydrogen-bond donors (Lipinski definition) is 1. The van der Waals surface area contributed by atoms with Crippen molar-refractivity contribution in [1.29, 1.82) is 0 Å². The maximum Gasteiger partial charge on any atom is 0.307 e. The Kier molecular flexibility index (Phi) is 3.54. The van der Waals surface area contributed by atoms with Crippen LogP contribution in [0.1, 0.15) is 19.3 Å². The average Bonchev–Trinajstić information content (AvgIpc) is 2.90. The van der Waals surface area contributed by atoms with Crippen LogP contribution in [0.25, 0.3) is 0 Å². The van der Waals surface area contributed by atoms with Crippen LogP contribution in [0.15, 0.2) is 0 Å². The molecular weight excluding hydrogens is 234 g/mol. The Bertz CT molecular complexity index is 310. The van der Waals surface area contributed by atoms with E-state index in [0.29, 0.717) is 12.5 Å². The molecule has 5 heteroatoms. The number of aliphatic carboxylic acids is 1. The quantitative estimate of drug-likeness (QED) is 0.799. The number of hydrogen-bond acceptors (Lipinski definition) is 4. The molecule has 3 saturated heterocycles. The summed E-state index contributed by atoms with van der Waals surface area (Å²) in [7, 11) is 0. The van der Waals surface area contributed by atoms with Gasteiger partial charge in [0.2, 0.25) is 0 Å². The van der Waals surface area contributed by atoms with E-state index in [4.69, 9.17) is 14.6 Å². The van der Waals surface area contributed by atoms with E-state index in [-0.39, 0.29) is 18.1 Å². The van der Waals surface area contributed by atoms with Crippen molar-refractivity contribution in [2.75, 3.05) is 32.8 Å². The van der Waals surface area contributed by atoms with Crippen molar-refractivity contribution in [2.45, 2.75) is 31.5 Å². The van der Waals surface area contributed by atoms with Gasteiger partial charge in [-0.15, -0.1) is 0 Å². The lowest BCUT2D eigenvalue weighted by Crippen LogP contribution is -2.42. The van der Waals surface area contributed by atoms with Crippen molar-refractivity contribution in [3.05, 3.63) is 0 Å². The number of carboxylic acid groups (broad SMARTS) is 1. The second-order valence-corrected chi connectivity index (χ2v) is 5.77. The lowest BCUT2D eigenvalue weighted by molar-refractivity contribution is -0.143. The van der Waals surface area contributed by atoms with Crippen molar-refractivity contribution in [1.82, 2.24) is 4.90 Å². The molecule has 3 fully saturated rings. The highest BCUT2D eigenvalue weighted by Crippen LogP contribution is 2.32. The normalized spacial score (nSPS) is 40.9. The van der Waals surface area contributed by atoms with E-state index >= 15 is 0 Å². The fourth-order valence-corrected chi connectivity index (χ4v) is 3.42. The molecule has 0 aromatic rings. The molecule has 0 aromatic heterocycles. The predicted molar refractivity (Wildman–Crippen MR) is 64.4 cm³/mol. The number of nitrogens with zero attached hydrogens (tertiary/aromatic N) is 1. The van der Waals surface area contributed by atoms with Gasteiger partial charge in [0.05, 0.1) is 31.3 Å². The molecule has 0 amide bonds. The molecule has 102 valence electrons. The second kappa shape index (κ2) is 5.15. The first-order valence-electron chi connectivity index (χ1n) is 6.90. The van der Waals surface area contributed by atoms with Gasteiger partial charge in [-0.2, -0.15) is 0 Å². The monoisotopic (exact) mass is 255 g/mol. The van der Waals surface area contributed by atoms with Gasteiger partial charge in [0.25, 0.3) is 0 Å². The molecule has 4 unspecified atom stereocenters. The van der Waals surface area contributed by atoms with Gasteiger partial charge < -0.3 is 14.6 Å². The fraction of sp³-hybridized carbons (Fsp3) is 0.923. The van der Waals surface area contributed by atoms with Crippen LogP contribution in [-0.4, -0.2) is 61.0 Å². The summed E-state index contributed by atoms with van der Waals surface area (Å²) >= 11 is 0. The van der Waals surface area contributed by atoms with Crippen LogP contribution < -0.4 is 0 Å². The number of piperidine rings is 1. The zero-order valence-electron chi connectivity index (χ0n) is 10.6. The third-order valence-electron chi connectivity index (χ3n) is 4.39. The van der Waals surface area contributed by atoms with E-state index in [9.17, 15) is 4.79 Å². The predicted octanol–water partition coefficient (Wildman–Crippen LogP) is 0.587. The molecule has 3 aliphatic rings. The van der Waals surface area contributed by atoms with Crippen LogP contribution in [-0.2, 0) is 14.3 Å². The zero-order valence-corrected chi connectivity index (χ0v) is 10.6. The summed E-state index contributed by atoms with van der Waals surface area (Å²) in [5.41, 5.74) is 0. The molecule has 0 saturated carbocycles. The maximum absolute atomic E-state index is 11.0. The average molecular weight is 255 g/mol. The number of rotatable bonds is 3. The van der Waals surface area contributed by atoms with E-state index in [1.807, 2.05) is 0 Å². The van der Waals surface area contributed by atoms with Crippen molar-refractivity contribution < 1.29 is 19.4 Å². The highest BCUT2D eigenvalue weighted by molar-refractivity contribution is 5.70. The molecule has 1 N–H and O–H groups in total. The minimum absolute atomic E-state index is 0.192. The van der Waals surface area contributed by atoms with Crippen molar-refractivity contribution >= 4 is 5.97 Å². The molecule has 3 rings (SSSR count). The van der Waals surface area contributed by atoms with Crippen LogP contribution in [0.3, 0.4) is 0 Å². The maximum atomic E-state index is 11.0. The first-order valence-corrected chi connectivity index (χ1v) is 6.90. The highest BCUT2D eigenvalue weighted by atomic mass is 16.6. The summed E-state index contributed by atoms with van der Waals surface area (Å²) in [6.45, 7) is 4.14. The third kappa shape index (κ3) is 2.53. The Hall–Kier alpha value is -0.650. The van der Waals surface area contributed by atoms with Crippen molar-refractivity contribution in [3.8, 4) is 0 Å². The van der Waals surface area contributed by atoms with Crippen LogP contribution in [0.5, 0.6) is 0 Å². The SMILES string of the molecule is O=C(O)C1CCCN(CC2CC3COCC3O2)C1. The molecule has 4 atom stereocenters. The Morgan fingerprint density at radius 1 is 1.39 bits per heavy atom. The van der Waals surface area contributed by atoms with E-state index in [2.05, 4.69) is 4.90 Å². The smallest absolute Gasteiger partial charge is 0.307 e. The fourth-order valence-electron chi connectivity index (χ4n) is 3.42. The lowest BCUT2D eigenvalue weighted by atomic mass is 9.97. The first kappa shape index (κ1) is 12.4. The Labute approximate surface area is 107 Å². The number of ether oxygens (including phenoxy) is 2. The van der Waals surface area contributed by atoms with Gasteiger partial charge >= 0.3 is 5.97 Å². The topological polar surface area (TPSA) is 59.0 Å². The van der Waals surface area contributed by atoms with E-state index < -0.39 is 5.97 Å². The molecule has 5 nitrogen and oxygen atoms in total. The lowest BCUT2D eigenvalue weighted by Gasteiger charge is -2.32. The second-order valence-electron chi connectivity index (χ2n) is 5.77. The molecular formula is C13H21NO4. The van der Waals surface area contributed by atoms with E-state index in [1.54, 1.807) is 0 Å². The minimum Gasteiger partial charge on any atom is -0.481 e. The number of carboxylic acids is 1. The van der Waals surface area contributed by atoms with Crippen LogP contribution in [0.2, 0.25) is 0 Å².